The summed E-state index contributed by atoms with van der Waals surface area (Å²) < 4.78 is 2.00. The molecule has 0 bridgehead atoms. The average molecular weight is 233 g/mol. The molecule has 0 radical (unpaired) electrons. The monoisotopic (exact) mass is 233 g/mol. The highest BCUT2D eigenvalue weighted by Crippen LogP contribution is 2.32. The second kappa shape index (κ2) is 3.94. The van der Waals surface area contributed by atoms with Crippen LogP contribution in [0.15, 0.2) is 16.5 Å². The molecule has 1 amide bonds. The van der Waals surface area contributed by atoms with E-state index in [0.29, 0.717) is 18.4 Å². The molecule has 6 nitrogen and oxygen atoms in total. The zero-order valence-corrected chi connectivity index (χ0v) is 9.83. The van der Waals surface area contributed by atoms with Crippen molar-refractivity contribution in [3.8, 4) is 0 Å². The number of hydrogen-bond donors (Lipinski definition) is 0. The number of fused-ring (bicyclic) bond motifs is 1. The van der Waals surface area contributed by atoms with Crippen LogP contribution in [-0.2, 0) is 11.3 Å². The molecule has 90 valence electrons. The van der Waals surface area contributed by atoms with Crippen LogP contribution in [0.2, 0.25) is 0 Å². The molecule has 3 rings (SSSR count). The molecule has 1 fully saturated rings. The van der Waals surface area contributed by atoms with Gasteiger partial charge in [-0.15, -0.1) is 5.11 Å². The summed E-state index contributed by atoms with van der Waals surface area (Å²) in [6.07, 6.45) is 6.94. The number of carbonyl (C=O) groups excluding carboxylic acids is 1. The summed E-state index contributed by atoms with van der Waals surface area (Å²) in [5.41, 5.74) is 0.988. The Morgan fingerprint density at radius 1 is 1.41 bits per heavy atom. The number of rotatable bonds is 1. The maximum Gasteiger partial charge on any atom is 0.241 e. The molecule has 0 saturated heterocycles. The molecule has 0 N–H and O–H groups in total. The van der Waals surface area contributed by atoms with Crippen molar-refractivity contribution < 1.29 is 4.79 Å². The van der Waals surface area contributed by atoms with E-state index >= 15 is 0 Å². The van der Waals surface area contributed by atoms with Crippen LogP contribution in [0.5, 0.6) is 0 Å². The molecule has 1 aliphatic carbocycles. The zero-order valence-electron chi connectivity index (χ0n) is 9.83. The minimum atomic E-state index is -0.0898. The van der Waals surface area contributed by atoms with Gasteiger partial charge >= 0.3 is 0 Å². The van der Waals surface area contributed by atoms with Crippen LogP contribution in [0.4, 0.5) is 5.82 Å². The standard InChI is InChI=1S/C11H15N5O/c1-8(17)15-6-9-7-16(10-4-2-3-5-10)13-11(9)12-14-15/h7,10H,2-6H2,1H3. The number of hydrogen-bond acceptors (Lipinski definition) is 4. The Hall–Kier alpha value is -1.72. The SMILES string of the molecule is CC(=O)N1Cc2cn(C3CCCC3)nc2N=N1. The van der Waals surface area contributed by atoms with Gasteiger partial charge in [0.1, 0.15) is 0 Å². The summed E-state index contributed by atoms with van der Waals surface area (Å²) in [6, 6.07) is 0.501. The molecule has 1 aromatic rings. The molecule has 0 unspecified atom stereocenters. The van der Waals surface area contributed by atoms with Crippen molar-refractivity contribution >= 4 is 11.7 Å². The Bertz CT molecular complexity index is 472. The third-order valence-electron chi connectivity index (χ3n) is 3.42. The predicted molar refractivity (Wildman–Crippen MR) is 60.5 cm³/mol. The summed E-state index contributed by atoms with van der Waals surface area (Å²) in [5.74, 6) is 0.572. The number of aromatic nitrogens is 2. The molecule has 2 heterocycles. The van der Waals surface area contributed by atoms with E-state index in [1.807, 2.05) is 10.9 Å². The van der Waals surface area contributed by atoms with Gasteiger partial charge in [-0.3, -0.25) is 9.48 Å². The molecule has 1 aromatic heterocycles. The van der Waals surface area contributed by atoms with Gasteiger partial charge in [0.15, 0.2) is 0 Å². The normalized spacial score (nSPS) is 19.7. The fourth-order valence-electron chi connectivity index (χ4n) is 2.44. The minimum absolute atomic E-state index is 0.0898. The second-order valence-corrected chi connectivity index (χ2v) is 4.66. The van der Waals surface area contributed by atoms with Crippen molar-refractivity contribution in [3.05, 3.63) is 11.8 Å². The van der Waals surface area contributed by atoms with Crippen LogP contribution in [0, 0.1) is 0 Å². The summed E-state index contributed by atoms with van der Waals surface area (Å²) in [5, 5.41) is 13.6. The van der Waals surface area contributed by atoms with E-state index in [4.69, 9.17) is 0 Å². The van der Waals surface area contributed by atoms with Crippen LogP contribution < -0.4 is 0 Å². The summed E-state index contributed by atoms with van der Waals surface area (Å²) >= 11 is 0. The topological polar surface area (TPSA) is 62.9 Å². The lowest BCUT2D eigenvalue weighted by molar-refractivity contribution is -0.130. The first kappa shape index (κ1) is 10.4. The molecular weight excluding hydrogens is 218 g/mol. The van der Waals surface area contributed by atoms with E-state index in [1.165, 1.54) is 37.6 Å². The van der Waals surface area contributed by atoms with Gasteiger partial charge in [-0.2, -0.15) is 5.10 Å². The van der Waals surface area contributed by atoms with Crippen LogP contribution in [0.1, 0.15) is 44.2 Å². The van der Waals surface area contributed by atoms with Crippen LogP contribution in [-0.4, -0.2) is 20.7 Å². The quantitative estimate of drug-likeness (QED) is 0.747. The summed E-state index contributed by atoms with van der Waals surface area (Å²) in [7, 11) is 0. The maximum atomic E-state index is 11.2. The molecule has 1 saturated carbocycles. The highest BCUT2D eigenvalue weighted by molar-refractivity contribution is 5.73. The number of nitrogens with zero attached hydrogens (tertiary/aromatic N) is 5. The lowest BCUT2D eigenvalue weighted by Crippen LogP contribution is -2.23. The van der Waals surface area contributed by atoms with E-state index < -0.39 is 0 Å². The Kier molecular flexibility index (Phi) is 2.42. The lowest BCUT2D eigenvalue weighted by atomic mass is 10.2. The zero-order chi connectivity index (χ0) is 11.8. The molecule has 0 atom stereocenters. The van der Waals surface area contributed by atoms with Crippen molar-refractivity contribution in [1.29, 1.82) is 0 Å². The first-order valence-corrected chi connectivity index (χ1v) is 6.02. The summed E-state index contributed by atoms with van der Waals surface area (Å²) in [4.78, 5) is 11.2. The lowest BCUT2D eigenvalue weighted by Gasteiger charge is -2.15. The van der Waals surface area contributed by atoms with Gasteiger partial charge in [0.2, 0.25) is 11.7 Å². The van der Waals surface area contributed by atoms with Gasteiger partial charge in [-0.05, 0) is 12.8 Å². The van der Waals surface area contributed by atoms with Crippen molar-refractivity contribution in [2.75, 3.05) is 0 Å². The second-order valence-electron chi connectivity index (χ2n) is 4.66. The van der Waals surface area contributed by atoms with Gasteiger partial charge in [-0.25, -0.2) is 5.01 Å². The van der Waals surface area contributed by atoms with Gasteiger partial charge in [-0.1, -0.05) is 18.1 Å². The molecule has 2 aliphatic rings. The Morgan fingerprint density at radius 2 is 2.18 bits per heavy atom. The largest absolute Gasteiger partial charge is 0.273 e. The van der Waals surface area contributed by atoms with Gasteiger partial charge in [0.05, 0.1) is 12.6 Å². The highest BCUT2D eigenvalue weighted by atomic mass is 16.2. The van der Waals surface area contributed by atoms with Crippen LogP contribution in [0.3, 0.4) is 0 Å². The summed E-state index contributed by atoms with van der Waals surface area (Å²) in [6.45, 7) is 1.98. The first-order chi connectivity index (χ1) is 8.24. The van der Waals surface area contributed by atoms with E-state index in [1.54, 1.807) is 0 Å². The van der Waals surface area contributed by atoms with Gasteiger partial charge in [0, 0.05) is 18.7 Å². The van der Waals surface area contributed by atoms with Gasteiger partial charge < -0.3 is 0 Å². The van der Waals surface area contributed by atoms with E-state index in [-0.39, 0.29) is 5.91 Å². The van der Waals surface area contributed by atoms with E-state index in [9.17, 15) is 4.79 Å². The van der Waals surface area contributed by atoms with Crippen molar-refractivity contribution in [2.24, 2.45) is 10.3 Å². The third-order valence-corrected chi connectivity index (χ3v) is 3.42. The molecule has 1 aliphatic heterocycles. The molecule has 17 heavy (non-hydrogen) atoms. The molecule has 6 heteroatoms. The smallest absolute Gasteiger partial charge is 0.241 e. The average Bonchev–Trinajstić information content (AvgIpc) is 2.96. The number of carbonyl (C=O) groups is 1. The highest BCUT2D eigenvalue weighted by Gasteiger charge is 2.23. The minimum Gasteiger partial charge on any atom is -0.273 e. The third kappa shape index (κ3) is 1.83. The molecular formula is C11H15N5O. The Balaban J connectivity index is 1.85. The first-order valence-electron chi connectivity index (χ1n) is 6.02. The predicted octanol–water partition coefficient (Wildman–Crippen LogP) is 2.36. The fraction of sp³-hybridized carbons (Fsp3) is 0.636. The van der Waals surface area contributed by atoms with E-state index in [2.05, 4.69) is 15.4 Å². The van der Waals surface area contributed by atoms with Crippen molar-refractivity contribution in [1.82, 2.24) is 14.8 Å². The van der Waals surface area contributed by atoms with Gasteiger partial charge in [0.25, 0.3) is 0 Å². The van der Waals surface area contributed by atoms with Crippen molar-refractivity contribution in [3.63, 3.8) is 0 Å². The fourth-order valence-corrected chi connectivity index (χ4v) is 2.44. The Morgan fingerprint density at radius 3 is 2.88 bits per heavy atom. The maximum absolute atomic E-state index is 11.2. The molecule has 0 spiro atoms. The Labute approximate surface area is 99.3 Å². The molecule has 0 aromatic carbocycles. The van der Waals surface area contributed by atoms with E-state index in [0.717, 1.165) is 5.56 Å². The van der Waals surface area contributed by atoms with Crippen LogP contribution >= 0.6 is 0 Å². The van der Waals surface area contributed by atoms with Crippen LogP contribution in [0.25, 0.3) is 0 Å². The van der Waals surface area contributed by atoms with Crippen molar-refractivity contribution in [2.45, 2.75) is 45.2 Å². The number of amides is 1.